The van der Waals surface area contributed by atoms with Crippen molar-refractivity contribution in [2.24, 2.45) is 0 Å². The zero-order valence-corrected chi connectivity index (χ0v) is 17.2. The highest BCUT2D eigenvalue weighted by atomic mass is 35.5. The van der Waals surface area contributed by atoms with Gasteiger partial charge in [0.15, 0.2) is 11.5 Å². The highest BCUT2D eigenvalue weighted by molar-refractivity contribution is 7.18. The first kappa shape index (κ1) is 18.5. The average Bonchev–Trinajstić information content (AvgIpc) is 3.39. The van der Waals surface area contributed by atoms with Gasteiger partial charge in [-0.15, -0.1) is 11.3 Å². The first-order valence-electron chi connectivity index (χ1n) is 9.59. The highest BCUT2D eigenvalue weighted by Crippen LogP contribution is 2.40. The average molecular weight is 427 g/mol. The summed E-state index contributed by atoms with van der Waals surface area (Å²) in [6.45, 7) is 1.65. The molecular weight excluding hydrogens is 408 g/mol. The maximum absolute atomic E-state index is 12.6. The summed E-state index contributed by atoms with van der Waals surface area (Å²) in [7, 11) is 0. The molecule has 0 radical (unpaired) electrons. The van der Waals surface area contributed by atoms with Crippen LogP contribution in [0.5, 0.6) is 11.5 Å². The Bertz CT molecular complexity index is 1070. The number of benzene rings is 2. The minimum absolute atomic E-state index is 0.0153. The molecule has 1 saturated heterocycles. The summed E-state index contributed by atoms with van der Waals surface area (Å²) < 4.78 is 11.9. The van der Waals surface area contributed by atoms with Crippen LogP contribution in [0.4, 0.5) is 0 Å². The Hall–Kier alpha value is -2.57. The van der Waals surface area contributed by atoms with Crippen molar-refractivity contribution in [3.05, 3.63) is 58.1 Å². The molecule has 0 atom stereocenters. The van der Waals surface area contributed by atoms with E-state index in [4.69, 9.17) is 26.1 Å². The van der Waals surface area contributed by atoms with Gasteiger partial charge in [-0.3, -0.25) is 4.79 Å². The van der Waals surface area contributed by atoms with Crippen molar-refractivity contribution in [2.75, 3.05) is 19.9 Å². The Morgan fingerprint density at radius 3 is 2.86 bits per heavy atom. The number of carbonyl (C=O) groups is 1. The van der Waals surface area contributed by atoms with Crippen molar-refractivity contribution >= 4 is 45.1 Å². The number of nitrogens with zero attached hydrogens (tertiary/aromatic N) is 2. The molecule has 1 amide bonds. The molecule has 148 valence electrons. The molecule has 5 rings (SSSR count). The fourth-order valence-corrected chi connectivity index (χ4v) is 5.18. The molecule has 29 heavy (non-hydrogen) atoms. The summed E-state index contributed by atoms with van der Waals surface area (Å²) in [5.74, 6) is 1.61. The van der Waals surface area contributed by atoms with E-state index in [-0.39, 0.29) is 12.7 Å². The number of thiazole rings is 1. The molecule has 0 spiro atoms. The first-order valence-corrected chi connectivity index (χ1v) is 10.8. The summed E-state index contributed by atoms with van der Waals surface area (Å²) in [4.78, 5) is 19.3. The number of ether oxygens (including phenoxy) is 2. The molecule has 2 aromatic carbocycles. The number of carbonyl (C=O) groups excluding carboxylic acids is 1. The topological polar surface area (TPSA) is 51.7 Å². The molecule has 0 saturated carbocycles. The summed E-state index contributed by atoms with van der Waals surface area (Å²) in [5.41, 5.74) is 1.88. The third kappa shape index (κ3) is 3.70. The minimum atomic E-state index is 0.0153. The molecule has 1 fully saturated rings. The Balaban J connectivity index is 1.22. The van der Waals surface area contributed by atoms with Gasteiger partial charge in [0.2, 0.25) is 12.7 Å². The number of amides is 1. The molecular formula is C22H19ClN2O3S. The van der Waals surface area contributed by atoms with Crippen LogP contribution in [0, 0.1) is 0 Å². The van der Waals surface area contributed by atoms with Gasteiger partial charge in [-0.05, 0) is 48.7 Å². The Morgan fingerprint density at radius 1 is 1.21 bits per heavy atom. The number of likely N-dealkylation sites (tertiary alicyclic amines) is 1. The lowest BCUT2D eigenvalue weighted by atomic mass is 9.97. The lowest BCUT2D eigenvalue weighted by Gasteiger charge is -2.30. The molecule has 7 heteroatoms. The van der Waals surface area contributed by atoms with Crippen LogP contribution < -0.4 is 9.47 Å². The van der Waals surface area contributed by atoms with E-state index in [0.29, 0.717) is 22.4 Å². The van der Waals surface area contributed by atoms with Gasteiger partial charge < -0.3 is 14.4 Å². The molecule has 3 heterocycles. The maximum atomic E-state index is 12.6. The number of fused-ring (bicyclic) bond motifs is 2. The lowest BCUT2D eigenvalue weighted by molar-refractivity contribution is -0.126. The van der Waals surface area contributed by atoms with E-state index in [2.05, 4.69) is 12.1 Å². The third-order valence-electron chi connectivity index (χ3n) is 5.33. The maximum Gasteiger partial charge on any atom is 0.246 e. The van der Waals surface area contributed by atoms with Crippen LogP contribution in [-0.2, 0) is 4.79 Å². The molecule has 0 N–H and O–H groups in total. The van der Waals surface area contributed by atoms with Crippen LogP contribution in [0.15, 0.2) is 42.5 Å². The van der Waals surface area contributed by atoms with E-state index in [1.54, 1.807) is 29.6 Å². The number of rotatable bonds is 3. The number of para-hydroxylation sites is 1. The van der Waals surface area contributed by atoms with Crippen LogP contribution in [0.1, 0.15) is 29.3 Å². The Labute approximate surface area is 177 Å². The summed E-state index contributed by atoms with van der Waals surface area (Å²) in [6, 6.07) is 11.8. The summed E-state index contributed by atoms with van der Waals surface area (Å²) in [5, 5.41) is 1.67. The van der Waals surface area contributed by atoms with Gasteiger partial charge in [0, 0.05) is 25.1 Å². The lowest BCUT2D eigenvalue weighted by Crippen LogP contribution is -2.36. The van der Waals surface area contributed by atoms with E-state index in [9.17, 15) is 4.79 Å². The van der Waals surface area contributed by atoms with E-state index in [1.807, 2.05) is 23.1 Å². The fraction of sp³-hybridized carbons (Fsp3) is 0.273. The van der Waals surface area contributed by atoms with Gasteiger partial charge in [-0.25, -0.2) is 4.98 Å². The zero-order valence-electron chi connectivity index (χ0n) is 15.6. The number of piperidine rings is 1. The van der Waals surface area contributed by atoms with Crippen LogP contribution in [0.3, 0.4) is 0 Å². The summed E-state index contributed by atoms with van der Waals surface area (Å²) >= 11 is 7.97. The van der Waals surface area contributed by atoms with Crippen molar-refractivity contribution in [2.45, 2.75) is 18.8 Å². The van der Waals surface area contributed by atoms with Crippen molar-refractivity contribution in [1.82, 2.24) is 9.88 Å². The molecule has 5 nitrogen and oxygen atoms in total. The third-order valence-corrected chi connectivity index (χ3v) is 6.81. The number of halogens is 1. The molecule has 2 aliphatic rings. The van der Waals surface area contributed by atoms with Gasteiger partial charge >= 0.3 is 0 Å². The van der Waals surface area contributed by atoms with Crippen molar-refractivity contribution < 1.29 is 14.3 Å². The van der Waals surface area contributed by atoms with Crippen molar-refractivity contribution in [3.63, 3.8) is 0 Å². The highest BCUT2D eigenvalue weighted by Gasteiger charge is 2.25. The first-order chi connectivity index (χ1) is 14.2. The fourth-order valence-electron chi connectivity index (χ4n) is 3.77. The van der Waals surface area contributed by atoms with E-state index < -0.39 is 0 Å². The van der Waals surface area contributed by atoms with Crippen LogP contribution >= 0.6 is 22.9 Å². The normalized spacial score (nSPS) is 16.8. The largest absolute Gasteiger partial charge is 0.454 e. The molecule has 2 aliphatic heterocycles. The number of aromatic nitrogens is 1. The van der Waals surface area contributed by atoms with E-state index in [0.717, 1.165) is 37.0 Å². The monoisotopic (exact) mass is 426 g/mol. The van der Waals surface area contributed by atoms with Crippen molar-refractivity contribution in [1.29, 1.82) is 0 Å². The quantitative estimate of drug-likeness (QED) is 0.547. The number of hydrogen-bond donors (Lipinski definition) is 0. The van der Waals surface area contributed by atoms with Gasteiger partial charge in [-0.2, -0.15) is 0 Å². The number of hydrogen-bond acceptors (Lipinski definition) is 5. The van der Waals surface area contributed by atoms with Crippen molar-refractivity contribution in [3.8, 4) is 11.5 Å². The van der Waals surface area contributed by atoms with Gasteiger partial charge in [0.25, 0.3) is 0 Å². The Kier molecular flexibility index (Phi) is 4.89. The second-order valence-corrected chi connectivity index (χ2v) is 8.66. The second-order valence-electron chi connectivity index (χ2n) is 7.19. The minimum Gasteiger partial charge on any atom is -0.454 e. The van der Waals surface area contributed by atoms with E-state index >= 15 is 0 Å². The SMILES string of the molecule is O=C(/C=C/c1cc(Cl)c2c(c1)OCO2)N1CCC(c2nc3ccccc3s2)CC1. The molecule has 0 aliphatic carbocycles. The zero-order chi connectivity index (χ0) is 19.8. The Morgan fingerprint density at radius 2 is 2.03 bits per heavy atom. The van der Waals surface area contributed by atoms with Gasteiger partial charge in [0.1, 0.15) is 0 Å². The van der Waals surface area contributed by atoms with Gasteiger partial charge in [0.05, 0.1) is 20.2 Å². The standard InChI is InChI=1S/C22H19ClN2O3S/c23-16-11-14(12-18-21(16)28-13-27-18)5-6-20(26)25-9-7-15(8-10-25)22-24-17-3-1-2-4-19(17)29-22/h1-6,11-12,15H,7-10,13H2/b6-5+. The van der Waals surface area contributed by atoms with Crippen LogP contribution in [-0.4, -0.2) is 35.7 Å². The van der Waals surface area contributed by atoms with Crippen LogP contribution in [0.2, 0.25) is 5.02 Å². The van der Waals surface area contributed by atoms with Crippen LogP contribution in [0.25, 0.3) is 16.3 Å². The predicted octanol–water partition coefficient (Wildman–Crippen LogP) is 5.10. The predicted molar refractivity (Wildman–Crippen MR) is 115 cm³/mol. The summed E-state index contributed by atoms with van der Waals surface area (Å²) in [6.07, 6.45) is 5.26. The smallest absolute Gasteiger partial charge is 0.246 e. The molecule has 1 aromatic heterocycles. The molecule has 0 bridgehead atoms. The molecule has 3 aromatic rings. The van der Waals surface area contributed by atoms with E-state index in [1.165, 1.54) is 9.71 Å². The molecule has 0 unspecified atom stereocenters. The second kappa shape index (κ2) is 7.69. The van der Waals surface area contributed by atoms with Gasteiger partial charge in [-0.1, -0.05) is 23.7 Å².